The highest BCUT2D eigenvalue weighted by atomic mass is 19.1. The number of benzene rings is 2. The van der Waals surface area contributed by atoms with Gasteiger partial charge in [0.15, 0.2) is 0 Å². The highest BCUT2D eigenvalue weighted by Gasteiger charge is 2.26. The third-order valence-corrected chi connectivity index (χ3v) is 5.78. The minimum absolute atomic E-state index is 0.0818. The van der Waals surface area contributed by atoms with Crippen molar-refractivity contribution in [2.45, 2.75) is 32.7 Å². The molecule has 0 aliphatic heterocycles. The van der Waals surface area contributed by atoms with Gasteiger partial charge < -0.3 is 16.0 Å². The molecule has 3 amide bonds. The Morgan fingerprint density at radius 2 is 1.30 bits per heavy atom. The van der Waals surface area contributed by atoms with Gasteiger partial charge in [-0.25, -0.2) is 8.78 Å². The van der Waals surface area contributed by atoms with Crippen molar-refractivity contribution in [3.63, 3.8) is 0 Å². The van der Waals surface area contributed by atoms with Gasteiger partial charge in [0.25, 0.3) is 11.8 Å². The molecule has 2 aromatic carbocycles. The fraction of sp³-hybridized carbons (Fsp3) is 0.286. The molecule has 3 N–H and O–H groups in total. The van der Waals surface area contributed by atoms with Crippen LogP contribution in [-0.4, -0.2) is 41.8 Å². The molecule has 1 heterocycles. The Bertz CT molecular complexity index is 1210. The van der Waals surface area contributed by atoms with Crippen LogP contribution < -0.4 is 16.0 Å². The number of aromatic nitrogens is 1. The van der Waals surface area contributed by atoms with Crippen molar-refractivity contribution in [3.05, 3.63) is 101 Å². The molecule has 7 nitrogen and oxygen atoms in total. The number of carbonyl (C=O) groups is 3. The number of halogens is 2. The quantitative estimate of drug-likeness (QED) is 0.369. The molecule has 9 heteroatoms. The van der Waals surface area contributed by atoms with Crippen molar-refractivity contribution >= 4 is 17.7 Å². The number of nitrogens with one attached hydrogen (secondary N) is 3. The number of hydrogen-bond donors (Lipinski definition) is 3. The predicted octanol–water partition coefficient (Wildman–Crippen LogP) is 3.45. The minimum Gasteiger partial charge on any atom is -0.354 e. The number of carbonyl (C=O) groups excluding carboxylic acids is 3. The SMILES string of the molecule is CC(C)[C@H](NC(=O)c1ccncc1C(=O)NCCc1ccc(F)cc1)C(=O)NCCc1ccc(F)cc1. The van der Waals surface area contributed by atoms with Crippen molar-refractivity contribution in [1.29, 1.82) is 0 Å². The second-order valence-corrected chi connectivity index (χ2v) is 8.92. The second kappa shape index (κ2) is 13.2. The number of amides is 3. The van der Waals surface area contributed by atoms with Gasteiger partial charge in [-0.15, -0.1) is 0 Å². The molecule has 0 bridgehead atoms. The van der Waals surface area contributed by atoms with E-state index in [0.29, 0.717) is 19.4 Å². The van der Waals surface area contributed by atoms with Crippen LogP contribution in [0.3, 0.4) is 0 Å². The van der Waals surface area contributed by atoms with Crippen LogP contribution in [0.4, 0.5) is 8.78 Å². The number of rotatable bonds is 11. The Hall–Kier alpha value is -4.14. The van der Waals surface area contributed by atoms with E-state index in [-0.39, 0.29) is 41.1 Å². The van der Waals surface area contributed by atoms with Crippen LogP contribution in [0.5, 0.6) is 0 Å². The molecule has 0 spiro atoms. The van der Waals surface area contributed by atoms with E-state index >= 15 is 0 Å². The summed E-state index contributed by atoms with van der Waals surface area (Å²) in [6.07, 6.45) is 3.70. The van der Waals surface area contributed by atoms with Crippen LogP contribution >= 0.6 is 0 Å². The molecule has 1 aromatic heterocycles. The van der Waals surface area contributed by atoms with Crippen LogP contribution in [0, 0.1) is 17.6 Å². The number of nitrogens with zero attached hydrogens (tertiary/aromatic N) is 1. The lowest BCUT2D eigenvalue weighted by Crippen LogP contribution is -2.50. The van der Waals surface area contributed by atoms with Gasteiger partial charge in [-0.3, -0.25) is 19.4 Å². The molecule has 0 unspecified atom stereocenters. The molecule has 0 saturated heterocycles. The van der Waals surface area contributed by atoms with E-state index in [1.54, 1.807) is 38.1 Å². The largest absolute Gasteiger partial charge is 0.354 e. The van der Waals surface area contributed by atoms with Crippen LogP contribution in [0.2, 0.25) is 0 Å². The first-order chi connectivity index (χ1) is 17.7. The van der Waals surface area contributed by atoms with Gasteiger partial charge in [0.2, 0.25) is 5.91 Å². The Morgan fingerprint density at radius 3 is 1.84 bits per heavy atom. The maximum absolute atomic E-state index is 13.1. The molecule has 3 aromatic rings. The van der Waals surface area contributed by atoms with Crippen molar-refractivity contribution < 1.29 is 23.2 Å². The summed E-state index contributed by atoms with van der Waals surface area (Å²) in [5, 5.41) is 8.28. The summed E-state index contributed by atoms with van der Waals surface area (Å²) in [7, 11) is 0. The average molecular weight is 509 g/mol. The summed E-state index contributed by atoms with van der Waals surface area (Å²) in [6, 6.07) is 12.6. The Balaban J connectivity index is 1.58. The first-order valence-corrected chi connectivity index (χ1v) is 12.0. The summed E-state index contributed by atoms with van der Waals surface area (Å²) in [4.78, 5) is 42.6. The third-order valence-electron chi connectivity index (χ3n) is 5.78. The molecule has 0 saturated carbocycles. The van der Waals surface area contributed by atoms with Crippen molar-refractivity contribution in [2.24, 2.45) is 5.92 Å². The van der Waals surface area contributed by atoms with Gasteiger partial charge in [0.05, 0.1) is 11.1 Å². The fourth-order valence-electron chi connectivity index (χ4n) is 3.69. The Labute approximate surface area is 214 Å². The van der Waals surface area contributed by atoms with E-state index in [9.17, 15) is 23.2 Å². The highest BCUT2D eigenvalue weighted by molar-refractivity contribution is 6.07. The van der Waals surface area contributed by atoms with Crippen LogP contribution in [0.15, 0.2) is 67.0 Å². The molecule has 0 radical (unpaired) electrons. The fourth-order valence-corrected chi connectivity index (χ4v) is 3.69. The van der Waals surface area contributed by atoms with E-state index in [1.807, 2.05) is 0 Å². The molecular weight excluding hydrogens is 478 g/mol. The molecule has 1 atom stereocenters. The maximum Gasteiger partial charge on any atom is 0.253 e. The first-order valence-electron chi connectivity index (χ1n) is 12.0. The molecular formula is C28H30F2N4O3. The zero-order chi connectivity index (χ0) is 26.8. The molecule has 194 valence electrons. The maximum atomic E-state index is 13.1. The van der Waals surface area contributed by atoms with E-state index in [4.69, 9.17) is 0 Å². The van der Waals surface area contributed by atoms with Gasteiger partial charge in [-0.1, -0.05) is 38.1 Å². The van der Waals surface area contributed by atoms with E-state index in [1.165, 1.54) is 42.7 Å². The summed E-state index contributed by atoms with van der Waals surface area (Å²) < 4.78 is 26.1. The van der Waals surface area contributed by atoms with Crippen LogP contribution in [0.25, 0.3) is 0 Å². The summed E-state index contributed by atoms with van der Waals surface area (Å²) in [5.74, 6) is -2.29. The summed E-state index contributed by atoms with van der Waals surface area (Å²) >= 11 is 0. The topological polar surface area (TPSA) is 100 Å². The van der Waals surface area contributed by atoms with Crippen molar-refractivity contribution in [1.82, 2.24) is 20.9 Å². The predicted molar refractivity (Wildman–Crippen MR) is 136 cm³/mol. The van der Waals surface area contributed by atoms with Crippen LogP contribution in [0.1, 0.15) is 45.7 Å². The number of hydrogen-bond acceptors (Lipinski definition) is 4. The smallest absolute Gasteiger partial charge is 0.253 e. The van der Waals surface area contributed by atoms with Crippen molar-refractivity contribution in [3.8, 4) is 0 Å². The zero-order valence-corrected chi connectivity index (χ0v) is 20.8. The summed E-state index contributed by atoms with van der Waals surface area (Å²) in [5.41, 5.74) is 1.91. The van der Waals surface area contributed by atoms with E-state index < -0.39 is 17.9 Å². The Morgan fingerprint density at radius 1 is 0.757 bits per heavy atom. The van der Waals surface area contributed by atoms with Crippen molar-refractivity contribution in [2.75, 3.05) is 13.1 Å². The molecule has 0 aliphatic rings. The molecule has 0 fully saturated rings. The molecule has 37 heavy (non-hydrogen) atoms. The average Bonchev–Trinajstić information content (AvgIpc) is 2.89. The van der Waals surface area contributed by atoms with Gasteiger partial charge in [0, 0.05) is 25.5 Å². The lowest BCUT2D eigenvalue weighted by atomic mass is 10.0. The summed E-state index contributed by atoms with van der Waals surface area (Å²) in [6.45, 7) is 4.21. The zero-order valence-electron chi connectivity index (χ0n) is 20.8. The van der Waals surface area contributed by atoms with Gasteiger partial charge in [-0.2, -0.15) is 0 Å². The van der Waals surface area contributed by atoms with Gasteiger partial charge in [0.1, 0.15) is 17.7 Å². The van der Waals surface area contributed by atoms with E-state index in [0.717, 1.165) is 11.1 Å². The second-order valence-electron chi connectivity index (χ2n) is 8.92. The van der Waals surface area contributed by atoms with Gasteiger partial charge in [-0.05, 0) is 60.2 Å². The first kappa shape index (κ1) is 27.4. The minimum atomic E-state index is -0.830. The molecule has 3 rings (SSSR count). The standard InChI is InChI=1S/C28H30F2N4O3/c1-18(2)25(28(37)33-16-12-20-5-9-22(30)10-6-20)34-27(36)23-13-14-31-17-24(23)26(35)32-15-11-19-3-7-21(29)8-4-19/h3-10,13-14,17-18,25H,11-12,15-16H2,1-2H3,(H,32,35)(H,33,37)(H,34,36)/t25-/m0/s1. The lowest BCUT2D eigenvalue weighted by molar-refractivity contribution is -0.123. The van der Waals surface area contributed by atoms with E-state index in [2.05, 4.69) is 20.9 Å². The highest BCUT2D eigenvalue weighted by Crippen LogP contribution is 2.11. The lowest BCUT2D eigenvalue weighted by Gasteiger charge is -2.22. The normalized spacial score (nSPS) is 11.6. The Kier molecular flexibility index (Phi) is 9.83. The number of pyridine rings is 1. The van der Waals surface area contributed by atoms with Crippen LogP contribution in [-0.2, 0) is 17.6 Å². The molecule has 0 aliphatic carbocycles. The monoisotopic (exact) mass is 508 g/mol. The third kappa shape index (κ3) is 8.20. The van der Waals surface area contributed by atoms with Gasteiger partial charge >= 0.3 is 0 Å².